The fourth-order valence-electron chi connectivity index (χ4n) is 2.02. The molecule has 7 nitrogen and oxygen atoms in total. The Labute approximate surface area is 104 Å². The molecule has 2 heterocycles. The summed E-state index contributed by atoms with van der Waals surface area (Å²) in [5.74, 6) is -0.215. The van der Waals surface area contributed by atoms with Gasteiger partial charge in [-0.3, -0.25) is 9.59 Å². The summed E-state index contributed by atoms with van der Waals surface area (Å²) in [5.41, 5.74) is 10.5. The van der Waals surface area contributed by atoms with Gasteiger partial charge in [0.05, 0.1) is 0 Å². The zero-order valence-corrected chi connectivity index (χ0v) is 9.87. The Morgan fingerprint density at radius 2 is 1.83 bits per heavy atom. The zero-order valence-electron chi connectivity index (χ0n) is 9.87. The quantitative estimate of drug-likeness (QED) is 0.733. The summed E-state index contributed by atoms with van der Waals surface area (Å²) in [6, 6.07) is 3.25. The number of aromatic nitrogens is 2. The van der Waals surface area contributed by atoms with Gasteiger partial charge in [0.15, 0.2) is 11.5 Å². The molecular weight excluding hydrogens is 234 g/mol. The van der Waals surface area contributed by atoms with Crippen LogP contribution in [0.25, 0.3) is 0 Å². The SMILES string of the molecule is NC(=O)c1ccc(N2CCC(C(N)=O)CC2)nn1. The van der Waals surface area contributed by atoms with E-state index in [4.69, 9.17) is 11.5 Å². The van der Waals surface area contributed by atoms with Gasteiger partial charge >= 0.3 is 0 Å². The number of hydrogen-bond donors (Lipinski definition) is 2. The molecule has 1 aliphatic rings. The van der Waals surface area contributed by atoms with Crippen molar-refractivity contribution in [1.29, 1.82) is 0 Å². The van der Waals surface area contributed by atoms with Crippen molar-refractivity contribution in [2.24, 2.45) is 17.4 Å². The lowest BCUT2D eigenvalue weighted by Gasteiger charge is -2.30. The van der Waals surface area contributed by atoms with Crippen LogP contribution in [-0.4, -0.2) is 35.1 Å². The monoisotopic (exact) mass is 249 g/mol. The minimum Gasteiger partial charge on any atom is -0.369 e. The zero-order chi connectivity index (χ0) is 13.1. The number of anilines is 1. The highest BCUT2D eigenvalue weighted by Gasteiger charge is 2.23. The van der Waals surface area contributed by atoms with Gasteiger partial charge in [0, 0.05) is 19.0 Å². The molecule has 4 N–H and O–H groups in total. The molecule has 0 aliphatic carbocycles. The van der Waals surface area contributed by atoms with Crippen LogP contribution in [0.3, 0.4) is 0 Å². The lowest BCUT2D eigenvalue weighted by molar-refractivity contribution is -0.122. The van der Waals surface area contributed by atoms with Crippen LogP contribution in [0.2, 0.25) is 0 Å². The second kappa shape index (κ2) is 4.99. The number of piperidine rings is 1. The molecule has 96 valence electrons. The fraction of sp³-hybridized carbons (Fsp3) is 0.455. The smallest absolute Gasteiger partial charge is 0.269 e. The number of amides is 2. The third-order valence-corrected chi connectivity index (χ3v) is 3.12. The molecule has 2 rings (SSSR count). The Balaban J connectivity index is 2.01. The van der Waals surface area contributed by atoms with Crippen molar-refractivity contribution in [1.82, 2.24) is 10.2 Å². The van der Waals surface area contributed by atoms with Crippen LogP contribution in [0.5, 0.6) is 0 Å². The Hall–Kier alpha value is -2.18. The fourth-order valence-corrected chi connectivity index (χ4v) is 2.02. The first-order valence-electron chi connectivity index (χ1n) is 5.75. The largest absolute Gasteiger partial charge is 0.369 e. The predicted molar refractivity (Wildman–Crippen MR) is 64.7 cm³/mol. The van der Waals surface area contributed by atoms with Crippen molar-refractivity contribution in [3.63, 3.8) is 0 Å². The molecule has 7 heteroatoms. The van der Waals surface area contributed by atoms with E-state index in [0.717, 1.165) is 0 Å². The average molecular weight is 249 g/mol. The lowest BCUT2D eigenvalue weighted by Crippen LogP contribution is -2.39. The molecule has 1 saturated heterocycles. The Kier molecular flexibility index (Phi) is 3.40. The second-order valence-electron chi connectivity index (χ2n) is 4.30. The summed E-state index contributed by atoms with van der Waals surface area (Å²) in [6.45, 7) is 1.41. The van der Waals surface area contributed by atoms with Crippen LogP contribution in [-0.2, 0) is 4.79 Å². The standard InChI is InChI=1S/C11H15N5O2/c12-10(17)7-3-5-16(6-4-7)9-2-1-8(11(13)18)14-15-9/h1-2,7H,3-6H2,(H2,12,17)(H2,13,18). The number of rotatable bonds is 3. The minimum absolute atomic E-state index is 0.0564. The number of carbonyl (C=O) groups is 2. The second-order valence-corrected chi connectivity index (χ2v) is 4.30. The molecule has 0 unspecified atom stereocenters. The highest BCUT2D eigenvalue weighted by molar-refractivity contribution is 5.90. The molecule has 0 saturated carbocycles. The number of nitrogens with zero attached hydrogens (tertiary/aromatic N) is 3. The summed E-state index contributed by atoms with van der Waals surface area (Å²) in [4.78, 5) is 23.9. The van der Waals surface area contributed by atoms with E-state index < -0.39 is 5.91 Å². The first-order chi connectivity index (χ1) is 8.58. The molecule has 2 amide bonds. The van der Waals surface area contributed by atoms with Gasteiger partial charge in [-0.2, -0.15) is 0 Å². The van der Waals surface area contributed by atoms with Gasteiger partial charge in [0.1, 0.15) is 0 Å². The van der Waals surface area contributed by atoms with Gasteiger partial charge < -0.3 is 16.4 Å². The molecule has 1 fully saturated rings. The summed E-state index contributed by atoms with van der Waals surface area (Å²) in [7, 11) is 0. The third-order valence-electron chi connectivity index (χ3n) is 3.12. The summed E-state index contributed by atoms with van der Waals surface area (Å²) in [6.07, 6.45) is 1.43. The van der Waals surface area contributed by atoms with Gasteiger partial charge in [-0.05, 0) is 25.0 Å². The van der Waals surface area contributed by atoms with E-state index in [2.05, 4.69) is 10.2 Å². The number of nitrogens with two attached hydrogens (primary N) is 2. The normalized spacial score (nSPS) is 16.6. The van der Waals surface area contributed by atoms with Crippen LogP contribution in [0, 0.1) is 5.92 Å². The maximum atomic E-state index is 11.0. The summed E-state index contributed by atoms with van der Waals surface area (Å²) < 4.78 is 0. The van der Waals surface area contributed by atoms with E-state index in [9.17, 15) is 9.59 Å². The Morgan fingerprint density at radius 3 is 2.28 bits per heavy atom. The van der Waals surface area contributed by atoms with Crippen LogP contribution < -0.4 is 16.4 Å². The molecule has 1 aromatic rings. The number of primary amides is 2. The van der Waals surface area contributed by atoms with E-state index in [-0.39, 0.29) is 17.5 Å². The van der Waals surface area contributed by atoms with Crippen molar-refractivity contribution in [3.8, 4) is 0 Å². The maximum Gasteiger partial charge on any atom is 0.269 e. The topological polar surface area (TPSA) is 115 Å². The van der Waals surface area contributed by atoms with Gasteiger partial charge in [-0.1, -0.05) is 0 Å². The Bertz CT molecular complexity index is 451. The number of hydrogen-bond acceptors (Lipinski definition) is 5. The first-order valence-corrected chi connectivity index (χ1v) is 5.75. The molecule has 0 aromatic carbocycles. The highest BCUT2D eigenvalue weighted by atomic mass is 16.1. The van der Waals surface area contributed by atoms with E-state index >= 15 is 0 Å². The van der Waals surface area contributed by atoms with Gasteiger partial charge in [-0.25, -0.2) is 0 Å². The molecular formula is C11H15N5O2. The summed E-state index contributed by atoms with van der Waals surface area (Å²) >= 11 is 0. The molecule has 0 atom stereocenters. The van der Waals surface area contributed by atoms with Crippen LogP contribution in [0.1, 0.15) is 23.3 Å². The number of carbonyl (C=O) groups excluding carboxylic acids is 2. The summed E-state index contributed by atoms with van der Waals surface area (Å²) in [5, 5.41) is 7.70. The third kappa shape index (κ3) is 2.55. The van der Waals surface area contributed by atoms with Crippen molar-refractivity contribution in [3.05, 3.63) is 17.8 Å². The van der Waals surface area contributed by atoms with Crippen molar-refractivity contribution < 1.29 is 9.59 Å². The average Bonchev–Trinajstić information content (AvgIpc) is 2.39. The molecule has 18 heavy (non-hydrogen) atoms. The highest BCUT2D eigenvalue weighted by Crippen LogP contribution is 2.20. The molecule has 1 aliphatic heterocycles. The van der Waals surface area contributed by atoms with Crippen LogP contribution >= 0.6 is 0 Å². The Morgan fingerprint density at radius 1 is 1.17 bits per heavy atom. The maximum absolute atomic E-state index is 11.0. The van der Waals surface area contributed by atoms with E-state index in [0.29, 0.717) is 31.7 Å². The molecule has 0 spiro atoms. The van der Waals surface area contributed by atoms with Crippen molar-refractivity contribution in [2.45, 2.75) is 12.8 Å². The minimum atomic E-state index is -0.596. The van der Waals surface area contributed by atoms with E-state index in [1.54, 1.807) is 12.1 Å². The molecule has 0 radical (unpaired) electrons. The molecule has 0 bridgehead atoms. The predicted octanol–water partition coefficient (Wildman–Crippen LogP) is -0.723. The lowest BCUT2D eigenvalue weighted by atomic mass is 9.96. The van der Waals surface area contributed by atoms with Crippen LogP contribution in [0.4, 0.5) is 5.82 Å². The van der Waals surface area contributed by atoms with Crippen LogP contribution in [0.15, 0.2) is 12.1 Å². The van der Waals surface area contributed by atoms with Gasteiger partial charge in [-0.15, -0.1) is 10.2 Å². The van der Waals surface area contributed by atoms with Crippen molar-refractivity contribution >= 4 is 17.6 Å². The van der Waals surface area contributed by atoms with Crippen molar-refractivity contribution in [2.75, 3.05) is 18.0 Å². The van der Waals surface area contributed by atoms with E-state index in [1.807, 2.05) is 4.90 Å². The molecule has 1 aromatic heterocycles. The van der Waals surface area contributed by atoms with E-state index in [1.165, 1.54) is 0 Å². The van der Waals surface area contributed by atoms with Gasteiger partial charge in [0.2, 0.25) is 5.91 Å². The van der Waals surface area contributed by atoms with Gasteiger partial charge in [0.25, 0.3) is 5.91 Å². The first kappa shape index (κ1) is 12.3.